The van der Waals surface area contributed by atoms with Crippen LogP contribution in [0.5, 0.6) is 5.75 Å². The van der Waals surface area contributed by atoms with Crippen LogP contribution in [-0.4, -0.2) is 37.2 Å². The Labute approximate surface area is 120 Å². The van der Waals surface area contributed by atoms with Gasteiger partial charge in [0.2, 0.25) is 0 Å². The Balaban J connectivity index is 2.44. The highest BCUT2D eigenvalue weighted by atomic mass is 16.6. The molecule has 1 atom stereocenters. The van der Waals surface area contributed by atoms with Crippen molar-refractivity contribution in [2.75, 3.05) is 26.2 Å². The first-order valence-electron chi connectivity index (χ1n) is 6.98. The molecule has 20 heavy (non-hydrogen) atoms. The van der Waals surface area contributed by atoms with Crippen molar-refractivity contribution in [3.8, 4) is 5.75 Å². The summed E-state index contributed by atoms with van der Waals surface area (Å²) in [6.07, 6.45) is -1.12. The molecule has 5 nitrogen and oxygen atoms in total. The highest BCUT2D eigenvalue weighted by Gasteiger charge is 2.08. The van der Waals surface area contributed by atoms with Gasteiger partial charge in [0.25, 0.3) is 0 Å². The van der Waals surface area contributed by atoms with Crippen molar-refractivity contribution in [2.24, 2.45) is 5.73 Å². The second-order valence-corrected chi connectivity index (χ2v) is 4.52. The number of hydrogen-bond donors (Lipinski definition) is 1. The van der Waals surface area contributed by atoms with Gasteiger partial charge in [-0.05, 0) is 37.7 Å². The van der Waals surface area contributed by atoms with Crippen LogP contribution >= 0.6 is 0 Å². The molecule has 1 rings (SSSR count). The van der Waals surface area contributed by atoms with E-state index in [1.165, 1.54) is 0 Å². The van der Waals surface area contributed by atoms with Crippen molar-refractivity contribution in [1.82, 2.24) is 4.90 Å². The predicted molar refractivity (Wildman–Crippen MR) is 78.8 cm³/mol. The van der Waals surface area contributed by atoms with Gasteiger partial charge in [0, 0.05) is 6.54 Å². The predicted octanol–water partition coefficient (Wildman–Crippen LogP) is 2.56. The molecular formula is C15H24N2O3. The number of carbonyl (C=O) groups excluding carboxylic acids is 1. The number of ether oxygens (including phenoxy) is 2. The van der Waals surface area contributed by atoms with Crippen molar-refractivity contribution in [1.29, 1.82) is 0 Å². The maximum absolute atomic E-state index is 10.7. The maximum atomic E-state index is 10.7. The standard InChI is InChI=1S/C15H24N2O3/c1-4-17(5-2)10-11-19-14-8-6-13(7-9-14)12(3)20-15(16)18/h6-9,12H,4-5,10-11H2,1-3H3,(H2,16,18)/t12-/m0/s1. The van der Waals surface area contributed by atoms with Gasteiger partial charge in [0.15, 0.2) is 0 Å². The number of nitrogens with zero attached hydrogens (tertiary/aromatic N) is 1. The summed E-state index contributed by atoms with van der Waals surface area (Å²) in [7, 11) is 0. The SMILES string of the molecule is CCN(CC)CCOc1ccc([C@H](C)OC(N)=O)cc1. The molecule has 1 amide bonds. The van der Waals surface area contributed by atoms with Crippen LogP contribution in [0.15, 0.2) is 24.3 Å². The molecule has 0 unspecified atom stereocenters. The van der Waals surface area contributed by atoms with Gasteiger partial charge in [-0.1, -0.05) is 26.0 Å². The van der Waals surface area contributed by atoms with E-state index in [4.69, 9.17) is 15.2 Å². The van der Waals surface area contributed by atoms with E-state index in [0.29, 0.717) is 6.61 Å². The zero-order chi connectivity index (χ0) is 15.0. The van der Waals surface area contributed by atoms with Crippen LogP contribution in [0.2, 0.25) is 0 Å². The molecule has 1 aromatic carbocycles. The summed E-state index contributed by atoms with van der Waals surface area (Å²) in [5.41, 5.74) is 5.88. The largest absolute Gasteiger partial charge is 0.492 e. The minimum Gasteiger partial charge on any atom is -0.492 e. The second-order valence-electron chi connectivity index (χ2n) is 4.52. The first-order valence-corrected chi connectivity index (χ1v) is 6.98. The lowest BCUT2D eigenvalue weighted by Gasteiger charge is -2.18. The van der Waals surface area contributed by atoms with Crippen LogP contribution in [0.3, 0.4) is 0 Å². The minimum absolute atomic E-state index is 0.350. The monoisotopic (exact) mass is 280 g/mol. The first-order chi connectivity index (χ1) is 9.56. The van der Waals surface area contributed by atoms with Gasteiger partial charge in [0.1, 0.15) is 18.5 Å². The van der Waals surface area contributed by atoms with Crippen LogP contribution in [0, 0.1) is 0 Å². The Hall–Kier alpha value is -1.75. The number of amides is 1. The lowest BCUT2D eigenvalue weighted by Crippen LogP contribution is -2.27. The van der Waals surface area contributed by atoms with E-state index >= 15 is 0 Å². The number of carbonyl (C=O) groups is 1. The van der Waals surface area contributed by atoms with Crippen LogP contribution < -0.4 is 10.5 Å². The van der Waals surface area contributed by atoms with E-state index in [-0.39, 0.29) is 6.10 Å². The molecule has 0 heterocycles. The Morgan fingerprint density at radius 1 is 1.25 bits per heavy atom. The number of hydrogen-bond acceptors (Lipinski definition) is 4. The Morgan fingerprint density at radius 3 is 2.35 bits per heavy atom. The molecule has 0 bridgehead atoms. The van der Waals surface area contributed by atoms with E-state index < -0.39 is 6.09 Å². The summed E-state index contributed by atoms with van der Waals surface area (Å²) in [5.74, 6) is 0.812. The van der Waals surface area contributed by atoms with E-state index in [0.717, 1.165) is 30.9 Å². The molecule has 0 aliphatic rings. The van der Waals surface area contributed by atoms with Crippen LogP contribution in [0.1, 0.15) is 32.4 Å². The average molecular weight is 280 g/mol. The molecule has 2 N–H and O–H groups in total. The van der Waals surface area contributed by atoms with E-state index in [1.807, 2.05) is 24.3 Å². The zero-order valence-corrected chi connectivity index (χ0v) is 12.5. The molecule has 0 aliphatic carbocycles. The highest BCUT2D eigenvalue weighted by molar-refractivity contribution is 5.65. The zero-order valence-electron chi connectivity index (χ0n) is 12.5. The summed E-state index contributed by atoms with van der Waals surface area (Å²) in [5, 5.41) is 0. The molecule has 0 aromatic heterocycles. The van der Waals surface area contributed by atoms with Crippen molar-refractivity contribution in [2.45, 2.75) is 26.9 Å². The fourth-order valence-electron chi connectivity index (χ4n) is 1.91. The molecule has 0 radical (unpaired) electrons. The van der Waals surface area contributed by atoms with Crippen molar-refractivity contribution < 1.29 is 14.3 Å². The lowest BCUT2D eigenvalue weighted by molar-refractivity contribution is 0.116. The number of primary amides is 1. The normalized spacial score (nSPS) is 12.2. The summed E-state index contributed by atoms with van der Waals surface area (Å²) in [6, 6.07) is 7.50. The van der Waals surface area contributed by atoms with Crippen molar-refractivity contribution >= 4 is 6.09 Å². The van der Waals surface area contributed by atoms with E-state index in [2.05, 4.69) is 18.7 Å². The molecule has 0 saturated heterocycles. The van der Waals surface area contributed by atoms with Gasteiger partial charge in [0.05, 0.1) is 0 Å². The number of rotatable bonds is 8. The summed E-state index contributed by atoms with van der Waals surface area (Å²) in [6.45, 7) is 9.68. The first kappa shape index (κ1) is 16.3. The molecule has 0 spiro atoms. The molecule has 0 aliphatic heterocycles. The second kappa shape index (κ2) is 8.43. The van der Waals surface area contributed by atoms with Crippen LogP contribution in [-0.2, 0) is 4.74 Å². The van der Waals surface area contributed by atoms with Gasteiger partial charge in [-0.2, -0.15) is 0 Å². The van der Waals surface area contributed by atoms with Gasteiger partial charge in [-0.25, -0.2) is 4.79 Å². The molecule has 5 heteroatoms. The Morgan fingerprint density at radius 2 is 1.85 bits per heavy atom. The van der Waals surface area contributed by atoms with E-state index in [1.54, 1.807) is 6.92 Å². The quantitative estimate of drug-likeness (QED) is 0.795. The van der Waals surface area contributed by atoms with Gasteiger partial charge in [-0.3, -0.25) is 0 Å². The number of nitrogens with two attached hydrogens (primary N) is 1. The molecule has 0 fully saturated rings. The van der Waals surface area contributed by atoms with Crippen molar-refractivity contribution in [3.63, 3.8) is 0 Å². The fourth-order valence-corrected chi connectivity index (χ4v) is 1.91. The minimum atomic E-state index is -0.767. The Kier molecular flexibility index (Phi) is 6.87. The highest BCUT2D eigenvalue weighted by Crippen LogP contribution is 2.20. The molecule has 0 saturated carbocycles. The molecule has 112 valence electrons. The van der Waals surface area contributed by atoms with Crippen LogP contribution in [0.25, 0.3) is 0 Å². The van der Waals surface area contributed by atoms with Gasteiger partial charge >= 0.3 is 6.09 Å². The molecular weight excluding hydrogens is 256 g/mol. The van der Waals surface area contributed by atoms with Crippen molar-refractivity contribution in [3.05, 3.63) is 29.8 Å². The summed E-state index contributed by atoms with van der Waals surface area (Å²) in [4.78, 5) is 13.0. The number of likely N-dealkylation sites (N-methyl/N-ethyl adjacent to an activating group) is 1. The lowest BCUT2D eigenvalue weighted by atomic mass is 10.1. The third kappa shape index (κ3) is 5.48. The summed E-state index contributed by atoms with van der Waals surface area (Å²) >= 11 is 0. The number of benzene rings is 1. The van der Waals surface area contributed by atoms with Crippen LogP contribution in [0.4, 0.5) is 4.79 Å². The average Bonchev–Trinajstić information content (AvgIpc) is 2.43. The summed E-state index contributed by atoms with van der Waals surface area (Å²) < 4.78 is 10.6. The Bertz CT molecular complexity index is 402. The van der Waals surface area contributed by atoms with Gasteiger partial charge < -0.3 is 20.1 Å². The topological polar surface area (TPSA) is 64.8 Å². The molecule has 1 aromatic rings. The van der Waals surface area contributed by atoms with E-state index in [9.17, 15) is 4.79 Å². The third-order valence-corrected chi connectivity index (χ3v) is 3.21. The van der Waals surface area contributed by atoms with Gasteiger partial charge in [-0.15, -0.1) is 0 Å². The maximum Gasteiger partial charge on any atom is 0.405 e. The smallest absolute Gasteiger partial charge is 0.405 e. The third-order valence-electron chi connectivity index (χ3n) is 3.21. The fraction of sp³-hybridized carbons (Fsp3) is 0.533.